The number of hydrogen-bond acceptors (Lipinski definition) is 5. The van der Waals surface area contributed by atoms with Gasteiger partial charge in [0.15, 0.2) is 5.16 Å². The number of carbonyl (C=O) groups is 2. The van der Waals surface area contributed by atoms with Gasteiger partial charge in [0.25, 0.3) is 0 Å². The Morgan fingerprint density at radius 2 is 2.35 bits per heavy atom. The summed E-state index contributed by atoms with van der Waals surface area (Å²) in [5.74, 6) is -0.476. The monoisotopic (exact) mass is 258 g/mol. The zero-order valence-electron chi connectivity index (χ0n) is 9.51. The molecule has 0 spiro atoms. The van der Waals surface area contributed by atoms with Crippen LogP contribution in [0.1, 0.15) is 12.6 Å². The molecule has 17 heavy (non-hydrogen) atoms. The van der Waals surface area contributed by atoms with Crippen LogP contribution in [0.25, 0.3) is 0 Å². The molecule has 0 radical (unpaired) electrons. The van der Waals surface area contributed by atoms with Gasteiger partial charge in [0.05, 0.1) is 23.7 Å². The van der Waals surface area contributed by atoms with Crippen molar-refractivity contribution in [3.8, 4) is 0 Å². The maximum Gasteiger partial charge on any atom is 0.318 e. The van der Waals surface area contributed by atoms with Crippen molar-refractivity contribution in [2.24, 2.45) is 12.8 Å². The lowest BCUT2D eigenvalue weighted by Crippen LogP contribution is -2.39. The molecule has 0 fully saturated rings. The van der Waals surface area contributed by atoms with Gasteiger partial charge in [-0.3, -0.25) is 10.1 Å². The lowest BCUT2D eigenvalue weighted by Gasteiger charge is -2.10. The minimum absolute atomic E-state index is 0.119. The van der Waals surface area contributed by atoms with Gasteiger partial charge in [0.2, 0.25) is 5.91 Å². The van der Waals surface area contributed by atoms with Crippen molar-refractivity contribution < 1.29 is 14.7 Å². The average Bonchev–Trinajstić information content (AvgIpc) is 2.59. The predicted molar refractivity (Wildman–Crippen MR) is 62.2 cm³/mol. The molecular weight excluding hydrogens is 244 g/mol. The number of aliphatic hydroxyl groups excluding tert-OH is 1. The number of nitrogens with zero attached hydrogens (tertiary/aromatic N) is 2. The first kappa shape index (κ1) is 13.5. The van der Waals surface area contributed by atoms with E-state index in [-0.39, 0.29) is 6.61 Å². The minimum Gasteiger partial charge on any atom is -0.390 e. The van der Waals surface area contributed by atoms with E-state index in [1.807, 2.05) is 5.32 Å². The van der Waals surface area contributed by atoms with Gasteiger partial charge in [0, 0.05) is 7.05 Å². The number of amides is 3. The summed E-state index contributed by atoms with van der Waals surface area (Å²) in [6.07, 6.45) is 1.53. The number of urea groups is 1. The van der Waals surface area contributed by atoms with E-state index in [2.05, 4.69) is 4.98 Å². The Morgan fingerprint density at radius 3 is 2.82 bits per heavy atom. The topological polar surface area (TPSA) is 110 Å². The van der Waals surface area contributed by atoms with Gasteiger partial charge in [-0.05, 0) is 6.92 Å². The summed E-state index contributed by atoms with van der Waals surface area (Å²) in [6, 6.07) is -0.877. The van der Waals surface area contributed by atoms with E-state index in [0.29, 0.717) is 10.9 Å². The van der Waals surface area contributed by atoms with E-state index in [1.165, 1.54) is 18.0 Å². The average molecular weight is 258 g/mol. The molecule has 0 aromatic carbocycles. The normalized spacial score (nSPS) is 12.2. The fourth-order valence-corrected chi connectivity index (χ4v) is 1.99. The summed E-state index contributed by atoms with van der Waals surface area (Å²) in [5.41, 5.74) is 5.49. The summed E-state index contributed by atoms with van der Waals surface area (Å²) in [5, 5.41) is 11.1. The summed E-state index contributed by atoms with van der Waals surface area (Å²) >= 11 is 1.18. The van der Waals surface area contributed by atoms with Gasteiger partial charge in [0.1, 0.15) is 0 Å². The summed E-state index contributed by atoms with van der Waals surface area (Å²) in [4.78, 5) is 26.0. The molecule has 94 valence electrons. The van der Waals surface area contributed by atoms with Crippen LogP contribution in [0.15, 0.2) is 11.4 Å². The highest BCUT2D eigenvalue weighted by molar-refractivity contribution is 8.00. The number of imidazole rings is 1. The van der Waals surface area contributed by atoms with Crippen LogP contribution in [0.2, 0.25) is 0 Å². The second-order valence-corrected chi connectivity index (χ2v) is 4.67. The summed E-state index contributed by atoms with van der Waals surface area (Å²) in [6.45, 7) is 1.52. The van der Waals surface area contributed by atoms with Crippen molar-refractivity contribution in [3.05, 3.63) is 11.9 Å². The number of imide groups is 1. The van der Waals surface area contributed by atoms with Gasteiger partial charge in [-0.2, -0.15) is 0 Å². The fourth-order valence-electron chi connectivity index (χ4n) is 1.12. The molecule has 4 N–H and O–H groups in total. The Kier molecular flexibility index (Phi) is 4.53. The zero-order valence-corrected chi connectivity index (χ0v) is 10.3. The maximum absolute atomic E-state index is 11.4. The third-order valence-electron chi connectivity index (χ3n) is 2.10. The highest BCUT2D eigenvalue weighted by Crippen LogP contribution is 2.22. The van der Waals surface area contributed by atoms with E-state index >= 15 is 0 Å². The molecule has 0 saturated carbocycles. The Balaban J connectivity index is 2.67. The Morgan fingerprint density at radius 1 is 1.71 bits per heavy atom. The van der Waals surface area contributed by atoms with Crippen LogP contribution < -0.4 is 11.1 Å². The molecule has 1 unspecified atom stereocenters. The third kappa shape index (κ3) is 3.46. The molecule has 0 aliphatic carbocycles. The summed E-state index contributed by atoms with van der Waals surface area (Å²) < 4.78 is 1.68. The van der Waals surface area contributed by atoms with Crippen LogP contribution in [0.5, 0.6) is 0 Å². The third-order valence-corrected chi connectivity index (χ3v) is 3.26. The first-order valence-corrected chi connectivity index (χ1v) is 5.72. The summed E-state index contributed by atoms with van der Waals surface area (Å²) in [7, 11) is 1.74. The van der Waals surface area contributed by atoms with E-state index in [0.717, 1.165) is 0 Å². The number of hydrogen-bond donors (Lipinski definition) is 3. The first-order chi connectivity index (χ1) is 7.95. The molecule has 1 aromatic heterocycles. The fraction of sp³-hybridized carbons (Fsp3) is 0.444. The number of rotatable bonds is 4. The quantitative estimate of drug-likeness (QED) is 0.636. The van der Waals surface area contributed by atoms with Gasteiger partial charge >= 0.3 is 6.03 Å². The number of aromatic nitrogens is 2. The van der Waals surface area contributed by atoms with E-state index in [9.17, 15) is 9.59 Å². The smallest absolute Gasteiger partial charge is 0.318 e. The van der Waals surface area contributed by atoms with Crippen molar-refractivity contribution in [3.63, 3.8) is 0 Å². The Bertz CT molecular complexity index is 432. The number of carbonyl (C=O) groups excluding carboxylic acids is 2. The van der Waals surface area contributed by atoms with E-state index < -0.39 is 17.2 Å². The molecule has 7 nitrogen and oxygen atoms in total. The van der Waals surface area contributed by atoms with Gasteiger partial charge in [-0.15, -0.1) is 0 Å². The van der Waals surface area contributed by atoms with Crippen LogP contribution in [-0.4, -0.2) is 31.8 Å². The lowest BCUT2D eigenvalue weighted by atomic mass is 10.4. The molecule has 1 heterocycles. The highest BCUT2D eigenvalue weighted by atomic mass is 32.2. The Labute approximate surface area is 102 Å². The molecule has 1 aromatic rings. The standard InChI is InChI=1S/C9H14N4O3S/c1-5(7(15)12-8(10)16)17-9-11-3-6(4-14)13(9)2/h3,5,14H,4H2,1-2H3,(H3,10,12,15,16). The van der Waals surface area contributed by atoms with Crippen molar-refractivity contribution in [2.75, 3.05) is 0 Å². The van der Waals surface area contributed by atoms with Crippen LogP contribution in [-0.2, 0) is 18.4 Å². The zero-order chi connectivity index (χ0) is 13.0. The van der Waals surface area contributed by atoms with Gasteiger partial charge in [-0.1, -0.05) is 11.8 Å². The second kappa shape index (κ2) is 5.69. The number of primary amides is 1. The maximum atomic E-state index is 11.4. The van der Waals surface area contributed by atoms with Crippen molar-refractivity contribution in [1.82, 2.24) is 14.9 Å². The molecule has 0 bridgehead atoms. The molecule has 8 heteroatoms. The van der Waals surface area contributed by atoms with Crippen LogP contribution in [0.3, 0.4) is 0 Å². The molecule has 0 aliphatic rings. The predicted octanol–water partition coefficient (Wildman–Crippen LogP) is -0.412. The van der Waals surface area contributed by atoms with Crippen molar-refractivity contribution >= 4 is 23.7 Å². The van der Waals surface area contributed by atoms with Crippen molar-refractivity contribution in [2.45, 2.75) is 23.9 Å². The molecular formula is C9H14N4O3S. The molecule has 3 amide bonds. The molecule has 0 saturated heterocycles. The highest BCUT2D eigenvalue weighted by Gasteiger charge is 2.18. The van der Waals surface area contributed by atoms with E-state index in [4.69, 9.17) is 10.8 Å². The number of thioether (sulfide) groups is 1. The number of nitrogens with two attached hydrogens (primary N) is 1. The SMILES string of the molecule is CC(Sc1ncc(CO)n1C)C(=O)NC(N)=O. The van der Waals surface area contributed by atoms with Crippen molar-refractivity contribution in [1.29, 1.82) is 0 Å². The Hall–Kier alpha value is -1.54. The second-order valence-electron chi connectivity index (χ2n) is 3.36. The van der Waals surface area contributed by atoms with E-state index in [1.54, 1.807) is 18.5 Å². The molecule has 0 aliphatic heterocycles. The van der Waals surface area contributed by atoms with Crippen LogP contribution >= 0.6 is 11.8 Å². The first-order valence-electron chi connectivity index (χ1n) is 4.84. The number of aliphatic hydroxyl groups is 1. The molecule has 1 rings (SSSR count). The minimum atomic E-state index is -0.877. The van der Waals surface area contributed by atoms with Gasteiger partial charge < -0.3 is 15.4 Å². The van der Waals surface area contributed by atoms with Gasteiger partial charge in [-0.25, -0.2) is 9.78 Å². The molecule has 1 atom stereocenters. The van der Waals surface area contributed by atoms with Crippen LogP contribution in [0, 0.1) is 0 Å². The lowest BCUT2D eigenvalue weighted by molar-refractivity contribution is -0.119. The van der Waals surface area contributed by atoms with Crippen LogP contribution in [0.4, 0.5) is 4.79 Å². The number of nitrogens with one attached hydrogen (secondary N) is 1. The largest absolute Gasteiger partial charge is 0.390 e.